The third-order valence-electron chi connectivity index (χ3n) is 4.93. The van der Waals surface area contributed by atoms with Crippen molar-refractivity contribution in [3.63, 3.8) is 0 Å². The van der Waals surface area contributed by atoms with Crippen LogP contribution in [0.4, 0.5) is 0 Å². The number of carbonyl (C=O) groups is 3. The molecule has 2 fully saturated rings. The molecule has 0 aliphatic carbocycles. The summed E-state index contributed by atoms with van der Waals surface area (Å²) >= 11 is 0. The molecule has 3 amide bonds. The van der Waals surface area contributed by atoms with E-state index >= 15 is 0 Å². The van der Waals surface area contributed by atoms with Gasteiger partial charge in [0.15, 0.2) is 0 Å². The molecule has 2 aliphatic rings. The van der Waals surface area contributed by atoms with Gasteiger partial charge in [-0.15, -0.1) is 0 Å². The van der Waals surface area contributed by atoms with E-state index in [1.165, 1.54) is 0 Å². The van der Waals surface area contributed by atoms with Gasteiger partial charge in [-0.2, -0.15) is 0 Å². The molecule has 3 heterocycles. The zero-order chi connectivity index (χ0) is 17.4. The van der Waals surface area contributed by atoms with Gasteiger partial charge in [-0.1, -0.05) is 13.8 Å². The number of fused-ring (bicyclic) bond motifs is 1. The van der Waals surface area contributed by atoms with Crippen molar-refractivity contribution in [1.29, 1.82) is 0 Å². The predicted octanol–water partition coefficient (Wildman–Crippen LogP) is 0.269. The number of nitrogens with one attached hydrogen (secondary N) is 2. The number of hydrogen-bond donors (Lipinski definition) is 2. The van der Waals surface area contributed by atoms with Crippen LogP contribution in [0.15, 0.2) is 18.3 Å². The Bertz CT molecular complexity index is 667. The Balaban J connectivity index is 1.67. The quantitative estimate of drug-likeness (QED) is 0.833. The Hall–Kier alpha value is -2.31. The van der Waals surface area contributed by atoms with E-state index in [0.29, 0.717) is 25.1 Å². The Morgan fingerprint density at radius 2 is 2.12 bits per heavy atom. The summed E-state index contributed by atoms with van der Waals surface area (Å²) in [6, 6.07) is 2.54. The summed E-state index contributed by atoms with van der Waals surface area (Å²) in [5.74, 6) is -0.214. The summed E-state index contributed by atoms with van der Waals surface area (Å²) in [7, 11) is 1.82. The van der Waals surface area contributed by atoms with Crippen molar-refractivity contribution in [2.75, 3.05) is 6.54 Å². The molecule has 3 atom stereocenters. The molecule has 0 bridgehead atoms. The molecule has 2 aliphatic heterocycles. The largest absolute Gasteiger partial charge is 0.348 e. The van der Waals surface area contributed by atoms with Crippen LogP contribution < -0.4 is 10.6 Å². The topological polar surface area (TPSA) is 83.4 Å². The van der Waals surface area contributed by atoms with Crippen LogP contribution in [0, 0.1) is 5.92 Å². The third-order valence-corrected chi connectivity index (χ3v) is 4.93. The van der Waals surface area contributed by atoms with Crippen molar-refractivity contribution < 1.29 is 14.4 Å². The normalized spacial score (nSPS) is 27.0. The van der Waals surface area contributed by atoms with E-state index in [1.54, 1.807) is 15.5 Å². The summed E-state index contributed by atoms with van der Waals surface area (Å²) in [6.07, 6.45) is 2.94. The number of hydrogen-bond acceptors (Lipinski definition) is 3. The Morgan fingerprint density at radius 3 is 2.75 bits per heavy atom. The molecule has 1 aromatic rings. The molecule has 2 N–H and O–H groups in total. The number of piperazine rings is 1. The molecule has 1 aromatic heterocycles. The molecule has 130 valence electrons. The van der Waals surface area contributed by atoms with Crippen molar-refractivity contribution >= 4 is 17.7 Å². The van der Waals surface area contributed by atoms with Gasteiger partial charge in [0.1, 0.15) is 17.8 Å². The zero-order valence-electron chi connectivity index (χ0n) is 14.3. The fraction of sp³-hybridized carbons (Fsp3) is 0.588. The first kappa shape index (κ1) is 16.5. The van der Waals surface area contributed by atoms with Crippen LogP contribution in [-0.2, 0) is 16.6 Å². The van der Waals surface area contributed by atoms with Gasteiger partial charge in [-0.3, -0.25) is 14.4 Å². The van der Waals surface area contributed by atoms with Gasteiger partial charge in [-0.05, 0) is 30.9 Å². The van der Waals surface area contributed by atoms with Gasteiger partial charge in [0.2, 0.25) is 11.8 Å². The molecule has 7 nitrogen and oxygen atoms in total. The Morgan fingerprint density at radius 1 is 1.38 bits per heavy atom. The first-order valence-corrected chi connectivity index (χ1v) is 8.41. The molecule has 7 heteroatoms. The predicted molar refractivity (Wildman–Crippen MR) is 88.2 cm³/mol. The van der Waals surface area contributed by atoms with Crippen molar-refractivity contribution in [1.82, 2.24) is 20.1 Å². The zero-order valence-corrected chi connectivity index (χ0v) is 14.3. The van der Waals surface area contributed by atoms with E-state index in [4.69, 9.17) is 0 Å². The number of amides is 3. The second-order valence-corrected chi connectivity index (χ2v) is 6.98. The Kier molecular flexibility index (Phi) is 4.34. The average molecular weight is 332 g/mol. The van der Waals surface area contributed by atoms with E-state index in [-0.39, 0.29) is 29.7 Å². The molecule has 0 unspecified atom stereocenters. The number of rotatable bonds is 3. The fourth-order valence-corrected chi connectivity index (χ4v) is 3.51. The number of piperidine rings is 1. The minimum Gasteiger partial charge on any atom is -0.348 e. The third kappa shape index (κ3) is 2.90. The van der Waals surface area contributed by atoms with Crippen LogP contribution in [0.3, 0.4) is 0 Å². The highest BCUT2D eigenvalue weighted by molar-refractivity contribution is 5.97. The number of aromatic nitrogens is 1. The second kappa shape index (κ2) is 6.30. The monoisotopic (exact) mass is 332 g/mol. The molecule has 0 aromatic carbocycles. The highest BCUT2D eigenvalue weighted by atomic mass is 16.2. The van der Waals surface area contributed by atoms with Crippen LogP contribution in [0.25, 0.3) is 0 Å². The summed E-state index contributed by atoms with van der Waals surface area (Å²) < 4.78 is 1.76. The summed E-state index contributed by atoms with van der Waals surface area (Å²) in [6.45, 7) is 4.35. The SMILES string of the molecule is CC(C)[C@@H]1NC(=O)[C@@H]2C[C@@H](NC(=O)c3cccn3C)CCN2C1=O. The van der Waals surface area contributed by atoms with Gasteiger partial charge in [0.05, 0.1) is 0 Å². The summed E-state index contributed by atoms with van der Waals surface area (Å²) in [5, 5.41) is 5.82. The molecule has 24 heavy (non-hydrogen) atoms. The maximum absolute atomic E-state index is 12.5. The molecule has 0 radical (unpaired) electrons. The molecule has 3 rings (SSSR count). The van der Waals surface area contributed by atoms with Crippen molar-refractivity contribution in [3.05, 3.63) is 24.0 Å². The van der Waals surface area contributed by atoms with Gasteiger partial charge < -0.3 is 20.1 Å². The minimum atomic E-state index is -0.486. The van der Waals surface area contributed by atoms with E-state index in [9.17, 15) is 14.4 Å². The van der Waals surface area contributed by atoms with Gasteiger partial charge in [-0.25, -0.2) is 0 Å². The van der Waals surface area contributed by atoms with E-state index in [2.05, 4.69) is 10.6 Å². The lowest BCUT2D eigenvalue weighted by Gasteiger charge is -2.45. The van der Waals surface area contributed by atoms with Crippen molar-refractivity contribution in [2.45, 2.75) is 44.8 Å². The second-order valence-electron chi connectivity index (χ2n) is 6.98. The fourth-order valence-electron chi connectivity index (χ4n) is 3.51. The summed E-state index contributed by atoms with van der Waals surface area (Å²) in [5.41, 5.74) is 0.585. The maximum Gasteiger partial charge on any atom is 0.268 e. The maximum atomic E-state index is 12.5. The first-order valence-electron chi connectivity index (χ1n) is 8.41. The van der Waals surface area contributed by atoms with Crippen molar-refractivity contribution in [2.24, 2.45) is 13.0 Å². The highest BCUT2D eigenvalue weighted by Crippen LogP contribution is 2.24. The van der Waals surface area contributed by atoms with Gasteiger partial charge in [0.25, 0.3) is 5.91 Å². The van der Waals surface area contributed by atoms with Gasteiger partial charge in [0, 0.05) is 25.8 Å². The number of nitrogens with zero attached hydrogens (tertiary/aromatic N) is 2. The van der Waals surface area contributed by atoms with Crippen LogP contribution in [-0.4, -0.2) is 51.9 Å². The average Bonchev–Trinajstić information content (AvgIpc) is 2.96. The van der Waals surface area contributed by atoms with Crippen LogP contribution in [0.2, 0.25) is 0 Å². The molecule has 2 saturated heterocycles. The van der Waals surface area contributed by atoms with Crippen LogP contribution >= 0.6 is 0 Å². The molecule has 0 saturated carbocycles. The first-order chi connectivity index (χ1) is 11.4. The lowest BCUT2D eigenvalue weighted by molar-refractivity contribution is -0.152. The minimum absolute atomic E-state index is 0.0122. The van der Waals surface area contributed by atoms with Gasteiger partial charge >= 0.3 is 0 Å². The smallest absolute Gasteiger partial charge is 0.268 e. The molecule has 0 spiro atoms. The van der Waals surface area contributed by atoms with Crippen LogP contribution in [0.5, 0.6) is 0 Å². The summed E-state index contributed by atoms with van der Waals surface area (Å²) in [4.78, 5) is 38.9. The number of carbonyl (C=O) groups excluding carboxylic acids is 3. The number of aryl methyl sites for hydroxylation is 1. The lowest BCUT2D eigenvalue weighted by Crippen LogP contribution is -2.67. The molecular formula is C17H24N4O3. The lowest BCUT2D eigenvalue weighted by atomic mass is 9.90. The standard InChI is InChI=1S/C17H24N4O3/c1-10(2)14-17(24)21-8-6-11(9-13(21)16(23)19-14)18-15(22)12-5-4-7-20(12)3/h4-5,7,10-11,13-14H,6,8-9H2,1-3H3,(H,18,22)(H,19,23)/t11-,13-,14-/m0/s1. The highest BCUT2D eigenvalue weighted by Gasteiger charge is 2.44. The van der Waals surface area contributed by atoms with E-state index in [1.807, 2.05) is 33.2 Å². The van der Waals surface area contributed by atoms with Crippen LogP contribution in [0.1, 0.15) is 37.2 Å². The van der Waals surface area contributed by atoms with E-state index in [0.717, 1.165) is 0 Å². The molecular weight excluding hydrogens is 308 g/mol. The van der Waals surface area contributed by atoms with E-state index < -0.39 is 12.1 Å². The Labute approximate surface area is 141 Å². The van der Waals surface area contributed by atoms with Crippen molar-refractivity contribution in [3.8, 4) is 0 Å².